The number of aryl methyl sites for hydroxylation is 1. The Kier molecular flexibility index (Phi) is 9.27. The lowest BCUT2D eigenvalue weighted by Crippen LogP contribution is -2.28. The molecule has 39 heavy (non-hydrogen) atoms. The van der Waals surface area contributed by atoms with Gasteiger partial charge in [-0.15, -0.1) is 0 Å². The molecule has 1 aliphatic heterocycles. The number of amidine groups is 1. The summed E-state index contributed by atoms with van der Waals surface area (Å²) in [4.78, 5) is 32.3. The van der Waals surface area contributed by atoms with Crippen molar-refractivity contribution in [2.45, 2.75) is 20.8 Å². The van der Waals surface area contributed by atoms with E-state index in [1.165, 1.54) is 11.8 Å². The zero-order valence-electron chi connectivity index (χ0n) is 22.4. The highest BCUT2D eigenvalue weighted by molar-refractivity contribution is 8.18. The van der Waals surface area contributed by atoms with Crippen LogP contribution in [0.1, 0.15) is 25.0 Å². The fourth-order valence-corrected chi connectivity index (χ4v) is 4.83. The molecule has 3 aromatic rings. The summed E-state index contributed by atoms with van der Waals surface area (Å²) in [5, 5.41) is 3.43. The van der Waals surface area contributed by atoms with E-state index in [4.69, 9.17) is 14.2 Å². The van der Waals surface area contributed by atoms with Crippen LogP contribution in [0, 0.1) is 6.92 Å². The molecule has 0 saturated carbocycles. The van der Waals surface area contributed by atoms with Gasteiger partial charge in [0.25, 0.3) is 11.8 Å². The first kappa shape index (κ1) is 27.8. The average molecular weight is 546 g/mol. The first-order valence-corrected chi connectivity index (χ1v) is 13.4. The molecule has 202 valence electrons. The van der Waals surface area contributed by atoms with Crippen molar-refractivity contribution in [3.05, 3.63) is 82.8 Å². The number of nitrogens with one attached hydrogen (secondary N) is 1. The molecule has 0 radical (unpaired) electrons. The second-order valence-electron chi connectivity index (χ2n) is 8.59. The van der Waals surface area contributed by atoms with E-state index in [9.17, 15) is 9.59 Å². The zero-order chi connectivity index (χ0) is 27.8. The molecule has 8 nitrogen and oxygen atoms in total. The van der Waals surface area contributed by atoms with Crippen LogP contribution in [-0.2, 0) is 9.59 Å². The van der Waals surface area contributed by atoms with E-state index in [1.807, 2.05) is 81.4 Å². The summed E-state index contributed by atoms with van der Waals surface area (Å²) >= 11 is 1.32. The molecule has 2 amide bonds. The third kappa shape index (κ3) is 7.20. The van der Waals surface area contributed by atoms with Gasteiger partial charge in [0.2, 0.25) is 0 Å². The number of hydrogen-bond acceptors (Lipinski definition) is 7. The van der Waals surface area contributed by atoms with Crippen molar-refractivity contribution < 1.29 is 23.8 Å². The van der Waals surface area contributed by atoms with E-state index in [2.05, 4.69) is 10.3 Å². The largest absolute Gasteiger partial charge is 0.497 e. The molecule has 1 fully saturated rings. The number of hydrogen-bond donors (Lipinski definition) is 1. The highest BCUT2D eigenvalue weighted by Crippen LogP contribution is 2.36. The summed E-state index contributed by atoms with van der Waals surface area (Å²) < 4.78 is 16.7. The summed E-state index contributed by atoms with van der Waals surface area (Å²) in [7, 11) is 1.61. The van der Waals surface area contributed by atoms with Crippen LogP contribution in [0.4, 0.5) is 11.4 Å². The number of likely N-dealkylation sites (N-methyl/N-ethyl adjacent to an activating group) is 1. The van der Waals surface area contributed by atoms with Gasteiger partial charge in [-0.05, 0) is 92.7 Å². The van der Waals surface area contributed by atoms with Gasteiger partial charge in [0.1, 0.15) is 5.75 Å². The standard InChI is InChI=1S/C30H31N3O5S/c1-5-33-29(35)27(39-30(33)32-23-12-14-24(36-4)15-13-23)18-21-9-16-25(26(17-21)37-6-2)38-19-28(34)31-22-10-7-20(3)8-11-22/h7-18H,5-6,19H2,1-4H3,(H,31,34)/b27-18-,32-30?. The van der Waals surface area contributed by atoms with Crippen molar-refractivity contribution >= 4 is 46.2 Å². The van der Waals surface area contributed by atoms with Gasteiger partial charge in [0, 0.05) is 12.2 Å². The van der Waals surface area contributed by atoms with Crippen molar-refractivity contribution in [2.24, 2.45) is 4.99 Å². The lowest BCUT2D eigenvalue weighted by atomic mass is 10.2. The molecule has 4 rings (SSSR count). The third-order valence-corrected chi connectivity index (χ3v) is 6.77. The number of ether oxygens (including phenoxy) is 3. The molecule has 0 unspecified atom stereocenters. The molecule has 0 spiro atoms. The van der Waals surface area contributed by atoms with E-state index in [-0.39, 0.29) is 18.4 Å². The number of carbonyl (C=O) groups is 2. The molecule has 1 heterocycles. The Labute approximate surface area is 232 Å². The number of carbonyl (C=O) groups excluding carboxylic acids is 2. The fourth-order valence-electron chi connectivity index (χ4n) is 3.77. The lowest BCUT2D eigenvalue weighted by Gasteiger charge is -2.13. The van der Waals surface area contributed by atoms with Crippen molar-refractivity contribution in [3.63, 3.8) is 0 Å². The number of benzene rings is 3. The van der Waals surface area contributed by atoms with Crippen LogP contribution in [0.2, 0.25) is 0 Å². The van der Waals surface area contributed by atoms with Gasteiger partial charge in [-0.25, -0.2) is 4.99 Å². The summed E-state index contributed by atoms with van der Waals surface area (Å²) in [6, 6.07) is 20.3. The molecule has 3 aromatic carbocycles. The Bertz CT molecular complexity index is 1380. The van der Waals surface area contributed by atoms with Gasteiger partial charge >= 0.3 is 0 Å². The van der Waals surface area contributed by atoms with Gasteiger partial charge in [-0.1, -0.05) is 23.8 Å². The smallest absolute Gasteiger partial charge is 0.266 e. The Hall–Kier alpha value is -4.24. The SMILES string of the molecule is CCOc1cc(/C=C2\SC(=Nc3ccc(OC)cc3)N(CC)C2=O)ccc1OCC(=O)Nc1ccc(C)cc1. The lowest BCUT2D eigenvalue weighted by molar-refractivity contribution is -0.122. The zero-order valence-corrected chi connectivity index (χ0v) is 23.2. The first-order valence-electron chi connectivity index (χ1n) is 12.6. The van der Waals surface area contributed by atoms with Gasteiger partial charge in [0.15, 0.2) is 23.3 Å². The third-order valence-electron chi connectivity index (χ3n) is 5.76. The first-order chi connectivity index (χ1) is 18.9. The Morgan fingerprint density at radius 2 is 1.74 bits per heavy atom. The molecule has 1 N–H and O–H groups in total. The van der Waals surface area contributed by atoms with Crippen molar-refractivity contribution in [1.82, 2.24) is 4.90 Å². The number of nitrogens with zero attached hydrogens (tertiary/aromatic N) is 2. The molecule has 0 aromatic heterocycles. The van der Waals surface area contributed by atoms with Crippen LogP contribution in [0.15, 0.2) is 76.6 Å². The Balaban J connectivity index is 1.48. The minimum Gasteiger partial charge on any atom is -0.497 e. The number of thioether (sulfide) groups is 1. The highest BCUT2D eigenvalue weighted by Gasteiger charge is 2.32. The number of amides is 2. The second-order valence-corrected chi connectivity index (χ2v) is 9.60. The summed E-state index contributed by atoms with van der Waals surface area (Å²) in [6.45, 7) is 6.52. The van der Waals surface area contributed by atoms with Crippen molar-refractivity contribution in [2.75, 3.05) is 32.2 Å². The molecule has 1 saturated heterocycles. The maximum atomic E-state index is 13.1. The van der Waals surface area contributed by atoms with Crippen LogP contribution >= 0.6 is 11.8 Å². The molecule has 0 atom stereocenters. The van der Waals surface area contributed by atoms with Gasteiger partial charge < -0.3 is 19.5 Å². The summed E-state index contributed by atoms with van der Waals surface area (Å²) in [6.07, 6.45) is 1.81. The molecule has 0 bridgehead atoms. The van der Waals surface area contributed by atoms with E-state index in [1.54, 1.807) is 24.1 Å². The number of methoxy groups -OCH3 is 1. The monoisotopic (exact) mass is 545 g/mol. The van der Waals surface area contributed by atoms with Gasteiger partial charge in [0.05, 0.1) is 24.3 Å². The van der Waals surface area contributed by atoms with E-state index < -0.39 is 0 Å². The van der Waals surface area contributed by atoms with E-state index in [0.717, 1.165) is 22.6 Å². The summed E-state index contributed by atoms with van der Waals surface area (Å²) in [5.74, 6) is 1.29. The molecular formula is C30H31N3O5S. The van der Waals surface area contributed by atoms with Crippen LogP contribution in [0.3, 0.4) is 0 Å². The van der Waals surface area contributed by atoms with Crippen LogP contribution in [0.5, 0.6) is 17.2 Å². The normalized spacial score (nSPS) is 15.1. The quantitative estimate of drug-likeness (QED) is 0.312. The molecule has 9 heteroatoms. The van der Waals surface area contributed by atoms with E-state index in [0.29, 0.717) is 40.4 Å². The average Bonchev–Trinajstić information content (AvgIpc) is 3.23. The molecule has 0 aliphatic carbocycles. The second kappa shape index (κ2) is 13.0. The predicted octanol–water partition coefficient (Wildman–Crippen LogP) is 6.04. The number of rotatable bonds is 10. The highest BCUT2D eigenvalue weighted by atomic mass is 32.2. The predicted molar refractivity (Wildman–Crippen MR) is 156 cm³/mol. The Morgan fingerprint density at radius 3 is 2.41 bits per heavy atom. The maximum Gasteiger partial charge on any atom is 0.266 e. The van der Waals surface area contributed by atoms with Crippen LogP contribution in [0.25, 0.3) is 6.08 Å². The van der Waals surface area contributed by atoms with Crippen LogP contribution < -0.4 is 19.5 Å². The number of anilines is 1. The van der Waals surface area contributed by atoms with Gasteiger partial charge in [-0.2, -0.15) is 0 Å². The molecular weight excluding hydrogens is 514 g/mol. The molecule has 1 aliphatic rings. The van der Waals surface area contributed by atoms with Crippen LogP contribution in [-0.4, -0.2) is 48.8 Å². The Morgan fingerprint density at radius 1 is 1.00 bits per heavy atom. The van der Waals surface area contributed by atoms with Crippen molar-refractivity contribution in [3.8, 4) is 17.2 Å². The minimum absolute atomic E-state index is 0.110. The fraction of sp³-hybridized carbons (Fsp3) is 0.233. The summed E-state index contributed by atoms with van der Waals surface area (Å²) in [5.41, 5.74) is 3.32. The van der Waals surface area contributed by atoms with Gasteiger partial charge in [-0.3, -0.25) is 14.5 Å². The van der Waals surface area contributed by atoms with E-state index >= 15 is 0 Å². The topological polar surface area (TPSA) is 89.5 Å². The minimum atomic E-state index is -0.274. The number of aliphatic imine (C=N–C) groups is 1. The maximum absolute atomic E-state index is 13.1. The van der Waals surface area contributed by atoms with Crippen molar-refractivity contribution in [1.29, 1.82) is 0 Å².